The summed E-state index contributed by atoms with van der Waals surface area (Å²) in [5.41, 5.74) is 0.841. The zero-order chi connectivity index (χ0) is 15.1. The number of carbonyl (C=O) groups is 2. The Kier molecular flexibility index (Phi) is 6.13. The van der Waals surface area contributed by atoms with Gasteiger partial charge in [0.25, 0.3) is 0 Å². The zero-order valence-corrected chi connectivity index (χ0v) is 13.3. The van der Waals surface area contributed by atoms with Crippen LogP contribution in [-0.4, -0.2) is 40.9 Å². The van der Waals surface area contributed by atoms with E-state index in [0.29, 0.717) is 17.9 Å². The van der Waals surface area contributed by atoms with Crippen LogP contribution < -0.4 is 5.32 Å². The largest absolute Gasteiger partial charge is 0.462 e. The van der Waals surface area contributed by atoms with Crippen LogP contribution in [0.2, 0.25) is 0 Å². The SMILES string of the molecule is CCOC(=O)c1ccccc1NC(=O)CSC1=NCCS1. The second-order valence-electron chi connectivity index (χ2n) is 4.10. The van der Waals surface area contributed by atoms with Crippen molar-refractivity contribution in [1.82, 2.24) is 0 Å². The molecule has 0 unspecified atom stereocenters. The van der Waals surface area contributed by atoms with Gasteiger partial charge in [0.05, 0.1) is 30.2 Å². The molecule has 1 aromatic rings. The predicted molar refractivity (Wildman–Crippen MR) is 88.2 cm³/mol. The monoisotopic (exact) mass is 324 g/mol. The van der Waals surface area contributed by atoms with Crippen molar-refractivity contribution in [3.8, 4) is 0 Å². The van der Waals surface area contributed by atoms with E-state index in [1.165, 1.54) is 11.8 Å². The predicted octanol–water partition coefficient (Wildman–Crippen LogP) is 2.64. The normalized spacial score (nSPS) is 13.7. The molecule has 0 aliphatic carbocycles. The second-order valence-corrected chi connectivity index (χ2v) is 6.41. The summed E-state index contributed by atoms with van der Waals surface area (Å²) in [5, 5.41) is 2.75. The number of ether oxygens (including phenoxy) is 1. The van der Waals surface area contributed by atoms with Gasteiger partial charge in [-0.1, -0.05) is 35.7 Å². The van der Waals surface area contributed by atoms with Crippen molar-refractivity contribution in [2.75, 3.05) is 30.0 Å². The molecule has 112 valence electrons. The molecular formula is C14H16N2O3S2. The molecule has 0 atom stereocenters. The molecule has 1 N–H and O–H groups in total. The summed E-state index contributed by atoms with van der Waals surface area (Å²) in [7, 11) is 0. The Morgan fingerprint density at radius 1 is 1.43 bits per heavy atom. The first-order valence-corrected chi connectivity index (χ1v) is 8.54. The molecule has 2 rings (SSSR count). The first kappa shape index (κ1) is 15.9. The number of aliphatic imine (C=N–C) groups is 1. The van der Waals surface area contributed by atoms with Crippen molar-refractivity contribution in [2.24, 2.45) is 4.99 Å². The molecule has 0 bridgehead atoms. The van der Waals surface area contributed by atoms with Gasteiger partial charge in [-0.3, -0.25) is 9.79 Å². The summed E-state index contributed by atoms with van der Waals surface area (Å²) in [6.07, 6.45) is 0. The molecule has 1 aromatic carbocycles. The number of anilines is 1. The lowest BCUT2D eigenvalue weighted by Crippen LogP contribution is -2.17. The van der Waals surface area contributed by atoms with Gasteiger partial charge in [-0.05, 0) is 19.1 Å². The maximum atomic E-state index is 12.0. The molecule has 0 radical (unpaired) electrons. The highest BCUT2D eigenvalue weighted by Gasteiger charge is 2.15. The molecule has 7 heteroatoms. The number of para-hydroxylation sites is 1. The summed E-state index contributed by atoms with van der Waals surface area (Å²) in [5.74, 6) is 0.669. The van der Waals surface area contributed by atoms with Gasteiger partial charge < -0.3 is 10.1 Å². The number of amides is 1. The first-order valence-electron chi connectivity index (χ1n) is 6.56. The minimum Gasteiger partial charge on any atom is -0.462 e. The number of nitrogens with zero attached hydrogens (tertiary/aromatic N) is 1. The lowest BCUT2D eigenvalue weighted by atomic mass is 10.2. The van der Waals surface area contributed by atoms with Gasteiger partial charge in [0.15, 0.2) is 0 Å². The van der Waals surface area contributed by atoms with E-state index in [1.54, 1.807) is 43.0 Å². The number of hydrogen-bond acceptors (Lipinski definition) is 6. The topological polar surface area (TPSA) is 67.8 Å². The molecule has 5 nitrogen and oxygen atoms in total. The van der Waals surface area contributed by atoms with Gasteiger partial charge in [0, 0.05) is 5.75 Å². The van der Waals surface area contributed by atoms with E-state index in [-0.39, 0.29) is 11.7 Å². The van der Waals surface area contributed by atoms with Crippen LogP contribution in [0, 0.1) is 0 Å². The number of thioether (sulfide) groups is 2. The van der Waals surface area contributed by atoms with E-state index >= 15 is 0 Å². The number of carbonyl (C=O) groups excluding carboxylic acids is 2. The molecule has 0 saturated heterocycles. The Morgan fingerprint density at radius 3 is 2.95 bits per heavy atom. The van der Waals surface area contributed by atoms with Crippen molar-refractivity contribution in [2.45, 2.75) is 6.92 Å². The van der Waals surface area contributed by atoms with E-state index < -0.39 is 5.97 Å². The maximum absolute atomic E-state index is 12.0. The van der Waals surface area contributed by atoms with Crippen LogP contribution in [0.1, 0.15) is 17.3 Å². The molecule has 1 heterocycles. The average molecular weight is 324 g/mol. The highest BCUT2D eigenvalue weighted by Crippen LogP contribution is 2.22. The van der Waals surface area contributed by atoms with Gasteiger partial charge in [-0.2, -0.15) is 0 Å². The van der Waals surface area contributed by atoms with Crippen LogP contribution in [0.15, 0.2) is 29.3 Å². The Bertz CT molecular complexity index is 561. The van der Waals surface area contributed by atoms with Gasteiger partial charge in [0.1, 0.15) is 4.38 Å². The van der Waals surface area contributed by atoms with Crippen molar-refractivity contribution in [1.29, 1.82) is 0 Å². The van der Waals surface area contributed by atoms with Crippen LogP contribution in [0.4, 0.5) is 5.69 Å². The fourth-order valence-corrected chi connectivity index (χ4v) is 3.50. The van der Waals surface area contributed by atoms with E-state index in [9.17, 15) is 9.59 Å². The van der Waals surface area contributed by atoms with Gasteiger partial charge in [-0.25, -0.2) is 4.79 Å². The van der Waals surface area contributed by atoms with Crippen LogP contribution in [0.5, 0.6) is 0 Å². The lowest BCUT2D eigenvalue weighted by Gasteiger charge is -2.10. The summed E-state index contributed by atoms with van der Waals surface area (Å²) in [6.45, 7) is 2.87. The molecule has 0 aromatic heterocycles. The third-order valence-electron chi connectivity index (χ3n) is 2.58. The fourth-order valence-electron chi connectivity index (χ4n) is 1.70. The summed E-state index contributed by atoms with van der Waals surface area (Å²) >= 11 is 3.08. The number of rotatable bonds is 5. The number of esters is 1. The zero-order valence-electron chi connectivity index (χ0n) is 11.6. The van der Waals surface area contributed by atoms with E-state index in [1.807, 2.05) is 0 Å². The quantitative estimate of drug-likeness (QED) is 0.843. The molecule has 21 heavy (non-hydrogen) atoms. The number of hydrogen-bond donors (Lipinski definition) is 1. The molecule has 0 saturated carbocycles. The van der Waals surface area contributed by atoms with E-state index in [4.69, 9.17) is 4.74 Å². The third kappa shape index (κ3) is 4.78. The van der Waals surface area contributed by atoms with Gasteiger partial charge >= 0.3 is 5.97 Å². The van der Waals surface area contributed by atoms with Crippen molar-refractivity contribution < 1.29 is 14.3 Å². The Labute approximate surface area is 131 Å². The smallest absolute Gasteiger partial charge is 0.340 e. The molecule has 1 aliphatic rings. The summed E-state index contributed by atoms with van der Waals surface area (Å²) < 4.78 is 5.92. The first-order chi connectivity index (χ1) is 10.2. The summed E-state index contributed by atoms with van der Waals surface area (Å²) in [4.78, 5) is 28.0. The molecule has 1 amide bonds. The van der Waals surface area contributed by atoms with Crippen LogP contribution in [-0.2, 0) is 9.53 Å². The average Bonchev–Trinajstić information content (AvgIpc) is 2.99. The third-order valence-corrected chi connectivity index (χ3v) is 4.83. The van der Waals surface area contributed by atoms with E-state index in [0.717, 1.165) is 16.7 Å². The fraction of sp³-hybridized carbons (Fsp3) is 0.357. The minimum absolute atomic E-state index is 0.160. The van der Waals surface area contributed by atoms with Crippen molar-refractivity contribution in [3.05, 3.63) is 29.8 Å². The Balaban J connectivity index is 1.95. The molecule has 0 spiro atoms. The number of nitrogens with one attached hydrogen (secondary N) is 1. The van der Waals surface area contributed by atoms with Gasteiger partial charge in [-0.15, -0.1) is 0 Å². The maximum Gasteiger partial charge on any atom is 0.340 e. The highest BCUT2D eigenvalue weighted by molar-refractivity contribution is 8.39. The van der Waals surface area contributed by atoms with Crippen LogP contribution in [0.25, 0.3) is 0 Å². The standard InChI is InChI=1S/C14H16N2O3S2/c1-2-19-13(18)10-5-3-4-6-11(10)16-12(17)9-21-14-15-7-8-20-14/h3-6H,2,7-9H2,1H3,(H,16,17). The van der Waals surface area contributed by atoms with Gasteiger partial charge in [0.2, 0.25) is 5.91 Å². The Morgan fingerprint density at radius 2 is 2.24 bits per heavy atom. The van der Waals surface area contributed by atoms with Crippen molar-refractivity contribution in [3.63, 3.8) is 0 Å². The number of benzene rings is 1. The molecule has 0 fully saturated rings. The highest BCUT2D eigenvalue weighted by atomic mass is 32.2. The second kappa shape index (κ2) is 8.09. The lowest BCUT2D eigenvalue weighted by molar-refractivity contribution is -0.113. The molecule has 1 aliphatic heterocycles. The van der Waals surface area contributed by atoms with Crippen molar-refractivity contribution >= 4 is 45.5 Å². The van der Waals surface area contributed by atoms with E-state index in [2.05, 4.69) is 10.3 Å². The van der Waals surface area contributed by atoms with Crippen LogP contribution >= 0.6 is 23.5 Å². The van der Waals surface area contributed by atoms with Crippen LogP contribution in [0.3, 0.4) is 0 Å². The summed E-state index contributed by atoms with van der Waals surface area (Å²) in [6, 6.07) is 6.83. The Hall–Kier alpha value is -1.47. The minimum atomic E-state index is -0.434. The molecular weight excluding hydrogens is 308 g/mol.